The number of rotatable bonds is 4. The van der Waals surface area contributed by atoms with Crippen LogP contribution in [0.25, 0.3) is 11.0 Å². The van der Waals surface area contributed by atoms with Crippen molar-refractivity contribution < 1.29 is 9.90 Å². The number of nitrogens with one attached hydrogen (secondary N) is 3. The molecule has 0 atom stereocenters. The third kappa shape index (κ3) is 3.58. The largest absolute Gasteiger partial charge is 0.477 e. The smallest absolute Gasteiger partial charge is 0.353 e. The Balaban J connectivity index is 0.00000109. The van der Waals surface area contributed by atoms with E-state index in [4.69, 9.17) is 16.2 Å². The predicted molar refractivity (Wildman–Crippen MR) is 99.7 cm³/mol. The Morgan fingerprint density at radius 1 is 1.40 bits per heavy atom. The van der Waals surface area contributed by atoms with Gasteiger partial charge >= 0.3 is 5.97 Å². The highest BCUT2D eigenvalue weighted by atomic mass is 79.9. The molecule has 6 N–H and O–H groups in total. The molecular weight excluding hydrogens is 390 g/mol. The Morgan fingerprint density at radius 3 is 2.76 bits per heavy atom. The number of halogens is 1. The van der Waals surface area contributed by atoms with Crippen molar-refractivity contribution in [2.24, 2.45) is 0 Å². The molecule has 0 aliphatic carbocycles. The van der Waals surface area contributed by atoms with Crippen LogP contribution in [0.4, 0.5) is 17.3 Å². The van der Waals surface area contributed by atoms with Gasteiger partial charge in [0, 0.05) is 11.8 Å². The van der Waals surface area contributed by atoms with Gasteiger partial charge in [-0.1, -0.05) is 13.8 Å². The zero-order valence-corrected chi connectivity index (χ0v) is 15.0. The Labute approximate surface area is 151 Å². The van der Waals surface area contributed by atoms with Gasteiger partial charge in [-0.2, -0.15) is 0 Å². The first kappa shape index (κ1) is 18.3. The fourth-order valence-electron chi connectivity index (χ4n) is 2.02. The van der Waals surface area contributed by atoms with Gasteiger partial charge in [0.1, 0.15) is 29.3 Å². The summed E-state index contributed by atoms with van der Waals surface area (Å²) in [5.41, 5.74) is 6.94. The first-order chi connectivity index (χ1) is 12.0. The second-order valence-electron chi connectivity index (χ2n) is 4.53. The molecule has 0 fully saturated rings. The Kier molecular flexibility index (Phi) is 5.65. The van der Waals surface area contributed by atoms with Crippen LogP contribution in [0.15, 0.2) is 23.1 Å². The number of aromatic nitrogens is 4. The zero-order valence-electron chi connectivity index (χ0n) is 13.5. The van der Waals surface area contributed by atoms with Gasteiger partial charge < -0.3 is 26.6 Å². The van der Waals surface area contributed by atoms with Crippen LogP contribution in [0, 0.1) is 5.41 Å². The highest BCUT2D eigenvalue weighted by molar-refractivity contribution is 9.10. The van der Waals surface area contributed by atoms with E-state index in [0.717, 1.165) is 6.21 Å². The van der Waals surface area contributed by atoms with E-state index in [9.17, 15) is 4.79 Å². The van der Waals surface area contributed by atoms with Crippen molar-refractivity contribution in [2.45, 2.75) is 13.8 Å². The summed E-state index contributed by atoms with van der Waals surface area (Å²) >= 11 is 3.25. The van der Waals surface area contributed by atoms with Crippen molar-refractivity contribution in [3.8, 4) is 0 Å². The summed E-state index contributed by atoms with van der Waals surface area (Å²) in [6, 6.07) is 1.59. The Hall–Kier alpha value is -3.01. The lowest BCUT2D eigenvalue weighted by Gasteiger charge is -2.07. The number of nitrogens with zero attached hydrogens (tertiary/aromatic N) is 3. The highest BCUT2D eigenvalue weighted by Gasteiger charge is 2.19. The summed E-state index contributed by atoms with van der Waals surface area (Å²) in [5.74, 6) is -0.320. The van der Waals surface area contributed by atoms with E-state index in [2.05, 4.69) is 41.2 Å². The number of nitrogen functional groups attached to an aromatic ring is 1. The number of nitrogens with two attached hydrogens (primary N) is 1. The Morgan fingerprint density at radius 2 is 2.12 bits per heavy atom. The summed E-state index contributed by atoms with van der Waals surface area (Å²) in [6.45, 7) is 4.00. The number of aromatic amines is 1. The molecule has 0 radical (unpaired) electrons. The van der Waals surface area contributed by atoms with Gasteiger partial charge in [0.15, 0.2) is 0 Å². The topological polar surface area (TPSA) is 154 Å². The van der Waals surface area contributed by atoms with Crippen LogP contribution in [0.5, 0.6) is 0 Å². The normalized spacial score (nSPS) is 10.0. The standard InChI is InChI=1S/C13H10BrN7O2.C2H6/c14-9-8-11(18-4-19-12(8)21-10(9)13(22)23)20-7-1-5(2-15)6(16)3-17-7;1-2/h1-4,15H,16H2,(H,22,23)(H2,17,18,19,20,21);1-2H3. The molecule has 0 amide bonds. The maximum Gasteiger partial charge on any atom is 0.353 e. The number of aromatic carboxylic acids is 1. The fraction of sp³-hybridized carbons (Fsp3) is 0.133. The number of carboxylic acids is 1. The average molecular weight is 406 g/mol. The second kappa shape index (κ2) is 7.71. The van der Waals surface area contributed by atoms with Crippen molar-refractivity contribution in [1.29, 1.82) is 5.41 Å². The molecule has 3 heterocycles. The van der Waals surface area contributed by atoms with Crippen molar-refractivity contribution in [2.75, 3.05) is 11.1 Å². The minimum atomic E-state index is -1.11. The van der Waals surface area contributed by atoms with E-state index in [1.54, 1.807) is 6.07 Å². The number of carbonyl (C=O) groups is 1. The quantitative estimate of drug-likeness (QED) is 0.417. The van der Waals surface area contributed by atoms with E-state index in [1.807, 2.05) is 13.8 Å². The first-order valence-corrected chi connectivity index (χ1v) is 8.09. The molecule has 10 heteroatoms. The molecule has 25 heavy (non-hydrogen) atoms. The van der Waals surface area contributed by atoms with Crippen molar-refractivity contribution >= 4 is 56.5 Å². The molecule has 3 rings (SSSR count). The molecule has 3 aromatic heterocycles. The van der Waals surface area contributed by atoms with Crippen LogP contribution in [0.3, 0.4) is 0 Å². The van der Waals surface area contributed by atoms with Gasteiger partial charge in [0.2, 0.25) is 0 Å². The SMILES string of the molecule is CC.N=Cc1cc(Nc2ncnc3[nH]c(C(=O)O)c(Br)c23)ncc1N. The minimum Gasteiger partial charge on any atom is -0.477 e. The molecule has 0 saturated heterocycles. The van der Waals surface area contributed by atoms with E-state index in [1.165, 1.54) is 12.5 Å². The minimum absolute atomic E-state index is 0.0194. The van der Waals surface area contributed by atoms with Gasteiger partial charge in [-0.05, 0) is 22.0 Å². The van der Waals surface area contributed by atoms with Crippen molar-refractivity contribution in [3.63, 3.8) is 0 Å². The number of pyridine rings is 1. The maximum atomic E-state index is 11.2. The van der Waals surface area contributed by atoms with Crippen LogP contribution in [-0.2, 0) is 0 Å². The molecule has 9 nitrogen and oxygen atoms in total. The van der Waals surface area contributed by atoms with Gasteiger partial charge in [0.25, 0.3) is 0 Å². The van der Waals surface area contributed by atoms with Crippen LogP contribution < -0.4 is 11.1 Å². The molecule has 0 aromatic carbocycles. The van der Waals surface area contributed by atoms with Crippen LogP contribution >= 0.6 is 15.9 Å². The number of hydrogen-bond acceptors (Lipinski definition) is 7. The third-order valence-electron chi connectivity index (χ3n) is 3.11. The molecule has 0 aliphatic rings. The second-order valence-corrected chi connectivity index (χ2v) is 5.33. The molecular formula is C15H16BrN7O2. The summed E-state index contributed by atoms with van der Waals surface area (Å²) in [5, 5.41) is 19.9. The van der Waals surface area contributed by atoms with Gasteiger partial charge in [-0.15, -0.1) is 0 Å². The summed E-state index contributed by atoms with van der Waals surface area (Å²) in [4.78, 5) is 26.2. The number of anilines is 3. The molecule has 3 aromatic rings. The van der Waals surface area contributed by atoms with Crippen LogP contribution in [0.2, 0.25) is 0 Å². The predicted octanol–water partition coefficient (Wildman–Crippen LogP) is 3.16. The van der Waals surface area contributed by atoms with Gasteiger partial charge in [-0.25, -0.2) is 19.7 Å². The molecule has 0 aliphatic heterocycles. The summed E-state index contributed by atoms with van der Waals surface area (Å²) in [6.07, 6.45) is 3.84. The highest BCUT2D eigenvalue weighted by Crippen LogP contribution is 2.32. The van der Waals surface area contributed by atoms with E-state index >= 15 is 0 Å². The van der Waals surface area contributed by atoms with E-state index in [-0.39, 0.29) is 5.69 Å². The van der Waals surface area contributed by atoms with Crippen molar-refractivity contribution in [1.82, 2.24) is 19.9 Å². The zero-order chi connectivity index (χ0) is 18.6. The number of H-pyrrole nitrogens is 1. The van der Waals surface area contributed by atoms with E-state index < -0.39 is 5.97 Å². The molecule has 0 spiro atoms. The Bertz CT molecular complexity index is 939. The van der Waals surface area contributed by atoms with Gasteiger partial charge in [0.05, 0.1) is 21.7 Å². The number of carboxylic acid groups (broad SMARTS) is 1. The van der Waals surface area contributed by atoms with E-state index in [0.29, 0.717) is 38.4 Å². The summed E-state index contributed by atoms with van der Waals surface area (Å²) in [7, 11) is 0. The molecule has 0 bridgehead atoms. The molecule has 0 unspecified atom stereocenters. The lowest BCUT2D eigenvalue weighted by molar-refractivity contribution is 0.0690. The molecule has 130 valence electrons. The monoisotopic (exact) mass is 405 g/mol. The van der Waals surface area contributed by atoms with Crippen molar-refractivity contribution in [3.05, 3.63) is 34.3 Å². The lowest BCUT2D eigenvalue weighted by Crippen LogP contribution is -2.01. The lowest BCUT2D eigenvalue weighted by atomic mass is 10.2. The summed E-state index contributed by atoms with van der Waals surface area (Å²) < 4.78 is 0.339. The van der Waals surface area contributed by atoms with Crippen LogP contribution in [0.1, 0.15) is 29.9 Å². The molecule has 0 saturated carbocycles. The number of hydrogen-bond donors (Lipinski definition) is 5. The number of fused-ring (bicyclic) bond motifs is 1. The third-order valence-corrected chi connectivity index (χ3v) is 3.91. The average Bonchev–Trinajstić information content (AvgIpc) is 2.96. The first-order valence-electron chi connectivity index (χ1n) is 7.29. The fourth-order valence-corrected chi connectivity index (χ4v) is 2.67. The van der Waals surface area contributed by atoms with Crippen LogP contribution in [-0.4, -0.2) is 37.2 Å². The maximum absolute atomic E-state index is 11.2. The van der Waals surface area contributed by atoms with Gasteiger partial charge in [-0.3, -0.25) is 0 Å².